The van der Waals surface area contributed by atoms with Crippen molar-refractivity contribution in [2.45, 2.75) is 24.8 Å². The number of rotatable bonds is 8. The van der Waals surface area contributed by atoms with Gasteiger partial charge in [-0.25, -0.2) is 13.4 Å². The van der Waals surface area contributed by atoms with Crippen molar-refractivity contribution in [2.75, 3.05) is 31.5 Å². The lowest BCUT2D eigenvalue weighted by Gasteiger charge is -2.25. The first kappa shape index (κ1) is 23.4. The number of ether oxygens (including phenoxy) is 2. The van der Waals surface area contributed by atoms with Crippen LogP contribution in [0.4, 0.5) is 5.69 Å². The van der Waals surface area contributed by atoms with Crippen molar-refractivity contribution in [3.63, 3.8) is 0 Å². The Labute approximate surface area is 199 Å². The molecule has 9 heteroatoms. The van der Waals surface area contributed by atoms with Gasteiger partial charge in [0.05, 0.1) is 10.6 Å². The second-order valence-corrected chi connectivity index (χ2v) is 9.97. The molecule has 1 aliphatic rings. The van der Waals surface area contributed by atoms with Gasteiger partial charge in [0.15, 0.2) is 0 Å². The highest BCUT2D eigenvalue weighted by molar-refractivity contribution is 7.92. The second kappa shape index (κ2) is 9.99. The summed E-state index contributed by atoms with van der Waals surface area (Å²) in [5.74, 6) is 0.970. The number of aromatic nitrogens is 1. The summed E-state index contributed by atoms with van der Waals surface area (Å²) in [6.07, 6.45) is 0.767. The van der Waals surface area contributed by atoms with E-state index in [1.54, 1.807) is 19.1 Å². The van der Waals surface area contributed by atoms with Gasteiger partial charge in [0.1, 0.15) is 24.7 Å². The van der Waals surface area contributed by atoms with Crippen molar-refractivity contribution in [3.05, 3.63) is 76.4 Å². The predicted molar refractivity (Wildman–Crippen MR) is 129 cm³/mol. The van der Waals surface area contributed by atoms with Crippen LogP contribution in [-0.4, -0.2) is 45.1 Å². The topological polar surface area (TPSA) is 80.8 Å². The molecule has 2 aromatic carbocycles. The molecule has 174 valence electrons. The Morgan fingerprint density at radius 2 is 1.85 bits per heavy atom. The maximum atomic E-state index is 13.2. The van der Waals surface area contributed by atoms with Gasteiger partial charge in [0.25, 0.3) is 10.0 Å². The van der Waals surface area contributed by atoms with E-state index in [1.807, 2.05) is 43.4 Å². The summed E-state index contributed by atoms with van der Waals surface area (Å²) in [5, 5.41) is 0.387. The van der Waals surface area contributed by atoms with E-state index in [-0.39, 0.29) is 17.4 Å². The summed E-state index contributed by atoms with van der Waals surface area (Å²) in [4.78, 5) is 6.93. The Bertz CT molecular complexity index is 1240. The number of fused-ring (bicyclic) bond motifs is 1. The van der Waals surface area contributed by atoms with Gasteiger partial charge < -0.3 is 14.4 Å². The zero-order valence-electron chi connectivity index (χ0n) is 18.5. The lowest BCUT2D eigenvalue weighted by molar-refractivity contribution is 0.211. The zero-order chi connectivity index (χ0) is 23.4. The van der Waals surface area contributed by atoms with E-state index in [0.29, 0.717) is 29.4 Å². The number of halogens is 1. The Morgan fingerprint density at radius 3 is 2.64 bits per heavy atom. The number of anilines is 1. The molecule has 1 aromatic heterocycles. The highest BCUT2D eigenvalue weighted by atomic mass is 35.5. The molecule has 0 aliphatic carbocycles. The predicted octanol–water partition coefficient (Wildman–Crippen LogP) is 4.29. The van der Waals surface area contributed by atoms with Gasteiger partial charge in [-0.3, -0.25) is 4.72 Å². The fourth-order valence-electron chi connectivity index (χ4n) is 3.67. The van der Waals surface area contributed by atoms with Crippen molar-refractivity contribution in [2.24, 2.45) is 0 Å². The molecule has 4 rings (SSSR count). The average molecular weight is 488 g/mol. The van der Waals surface area contributed by atoms with Crippen molar-refractivity contribution < 1.29 is 17.9 Å². The van der Waals surface area contributed by atoms with E-state index in [4.69, 9.17) is 21.1 Å². The van der Waals surface area contributed by atoms with E-state index in [0.717, 1.165) is 30.0 Å². The first-order valence-electron chi connectivity index (χ1n) is 10.6. The molecule has 0 spiro atoms. The SMILES string of the molecule is Cc1c(Cl)cccc1S(=O)(=O)Nc1cc2c(nc1OCCOc1ccccc1)CCN(C)C2. The number of para-hydroxylation sites is 1. The normalized spacial score (nSPS) is 13.9. The number of likely N-dealkylation sites (N-methyl/N-ethyl adjacent to an activating group) is 1. The maximum absolute atomic E-state index is 13.2. The smallest absolute Gasteiger partial charge is 0.262 e. The van der Waals surface area contributed by atoms with Crippen LogP contribution < -0.4 is 14.2 Å². The quantitative estimate of drug-likeness (QED) is 0.477. The van der Waals surface area contributed by atoms with Crippen LogP contribution in [0, 0.1) is 6.92 Å². The molecule has 2 heterocycles. The number of hydrogen-bond donors (Lipinski definition) is 1. The molecular formula is C24H26ClN3O4S. The first-order valence-corrected chi connectivity index (χ1v) is 12.5. The number of sulfonamides is 1. The molecule has 3 aromatic rings. The minimum atomic E-state index is -3.90. The third-order valence-electron chi connectivity index (χ3n) is 5.41. The molecule has 7 nitrogen and oxygen atoms in total. The summed E-state index contributed by atoms with van der Waals surface area (Å²) in [6.45, 7) is 3.75. The van der Waals surface area contributed by atoms with Crippen LogP contribution in [-0.2, 0) is 23.0 Å². The second-order valence-electron chi connectivity index (χ2n) is 7.91. The van der Waals surface area contributed by atoms with Crippen LogP contribution in [0.15, 0.2) is 59.5 Å². The number of benzene rings is 2. The Balaban J connectivity index is 1.58. The van der Waals surface area contributed by atoms with Gasteiger partial charge in [-0.05, 0) is 55.4 Å². The molecule has 0 saturated heterocycles. The van der Waals surface area contributed by atoms with Gasteiger partial charge in [-0.2, -0.15) is 0 Å². The molecule has 0 amide bonds. The molecule has 0 unspecified atom stereocenters. The zero-order valence-corrected chi connectivity index (χ0v) is 20.1. The summed E-state index contributed by atoms with van der Waals surface area (Å²) in [7, 11) is -1.88. The molecule has 0 saturated carbocycles. The Hall–Kier alpha value is -2.81. The third kappa shape index (κ3) is 5.58. The molecule has 0 atom stereocenters. The number of nitrogens with one attached hydrogen (secondary N) is 1. The molecule has 1 aliphatic heterocycles. The molecule has 0 bridgehead atoms. The molecule has 0 radical (unpaired) electrons. The van der Waals surface area contributed by atoms with E-state index >= 15 is 0 Å². The van der Waals surface area contributed by atoms with E-state index < -0.39 is 10.0 Å². The Kier molecular flexibility index (Phi) is 7.07. The molecule has 33 heavy (non-hydrogen) atoms. The summed E-state index contributed by atoms with van der Waals surface area (Å²) in [5.41, 5.74) is 2.66. The fraction of sp³-hybridized carbons (Fsp3) is 0.292. The van der Waals surface area contributed by atoms with Gasteiger partial charge in [0, 0.05) is 24.5 Å². The summed E-state index contributed by atoms with van der Waals surface area (Å²) >= 11 is 6.15. The van der Waals surface area contributed by atoms with Crippen molar-refractivity contribution >= 4 is 27.3 Å². The van der Waals surface area contributed by atoms with Gasteiger partial charge in [0.2, 0.25) is 5.88 Å². The van der Waals surface area contributed by atoms with Gasteiger partial charge >= 0.3 is 0 Å². The van der Waals surface area contributed by atoms with Crippen LogP contribution in [0.1, 0.15) is 16.8 Å². The van der Waals surface area contributed by atoms with Gasteiger partial charge in [-0.15, -0.1) is 0 Å². The highest BCUT2D eigenvalue weighted by Crippen LogP contribution is 2.32. The largest absolute Gasteiger partial charge is 0.490 e. The maximum Gasteiger partial charge on any atom is 0.262 e. The lowest BCUT2D eigenvalue weighted by atomic mass is 10.1. The third-order valence-corrected chi connectivity index (χ3v) is 7.33. The van der Waals surface area contributed by atoms with Crippen molar-refractivity contribution in [1.29, 1.82) is 0 Å². The molecule has 0 fully saturated rings. The van der Waals surface area contributed by atoms with Gasteiger partial charge in [-0.1, -0.05) is 35.9 Å². The van der Waals surface area contributed by atoms with E-state index in [1.165, 1.54) is 6.07 Å². The standard InChI is InChI=1S/C24H26ClN3O4S/c1-17-20(25)9-6-10-23(17)33(29,30)27-22-15-18-16-28(2)12-11-21(18)26-24(22)32-14-13-31-19-7-4-3-5-8-19/h3-10,15,27H,11-14,16H2,1-2H3. The highest BCUT2D eigenvalue weighted by Gasteiger charge is 2.24. The monoisotopic (exact) mass is 487 g/mol. The van der Waals surface area contributed by atoms with Crippen LogP contribution in [0.25, 0.3) is 0 Å². The number of pyridine rings is 1. The lowest BCUT2D eigenvalue weighted by Crippen LogP contribution is -2.28. The van der Waals surface area contributed by atoms with Crippen LogP contribution >= 0.6 is 11.6 Å². The van der Waals surface area contributed by atoms with E-state index in [9.17, 15) is 8.42 Å². The summed E-state index contributed by atoms with van der Waals surface area (Å²) in [6, 6.07) is 16.0. The number of nitrogens with zero attached hydrogens (tertiary/aromatic N) is 2. The minimum Gasteiger partial charge on any atom is -0.490 e. The van der Waals surface area contributed by atoms with Crippen LogP contribution in [0.5, 0.6) is 11.6 Å². The Morgan fingerprint density at radius 1 is 1.09 bits per heavy atom. The number of hydrogen-bond acceptors (Lipinski definition) is 6. The summed E-state index contributed by atoms with van der Waals surface area (Å²) < 4.78 is 40.6. The minimum absolute atomic E-state index is 0.114. The van der Waals surface area contributed by atoms with Crippen molar-refractivity contribution in [3.8, 4) is 11.6 Å². The molecule has 1 N–H and O–H groups in total. The average Bonchev–Trinajstić information content (AvgIpc) is 2.79. The van der Waals surface area contributed by atoms with E-state index in [2.05, 4.69) is 14.6 Å². The van der Waals surface area contributed by atoms with Crippen molar-refractivity contribution in [1.82, 2.24) is 9.88 Å². The van der Waals surface area contributed by atoms with Crippen LogP contribution in [0.3, 0.4) is 0 Å². The van der Waals surface area contributed by atoms with Crippen LogP contribution in [0.2, 0.25) is 5.02 Å². The molecular weight excluding hydrogens is 462 g/mol. The fourth-order valence-corrected chi connectivity index (χ4v) is 5.22. The first-order chi connectivity index (χ1) is 15.8.